The van der Waals surface area contributed by atoms with E-state index in [9.17, 15) is 4.79 Å². The number of aromatic nitrogens is 3. The SMILES string of the molecule is CN.Cc1nc(Nc2ncc(C(=O)Nc3cc(N)ccc3C)s2)cc(N2CCN(CCO)CC2)n1. The number of β-amino-alcohol motifs (C(OH)–C–C–N with tert-alkyl or cyclic N) is 1. The summed E-state index contributed by atoms with van der Waals surface area (Å²) in [5.74, 6) is 1.89. The third kappa shape index (κ3) is 7.09. The number of rotatable bonds is 7. The highest BCUT2D eigenvalue weighted by Gasteiger charge is 2.19. The maximum Gasteiger partial charge on any atom is 0.267 e. The molecule has 0 bridgehead atoms. The molecule has 0 radical (unpaired) electrons. The fourth-order valence-corrected chi connectivity index (χ4v) is 4.34. The summed E-state index contributed by atoms with van der Waals surface area (Å²) in [6.07, 6.45) is 1.54. The second kappa shape index (κ2) is 12.4. The molecular weight excluding hydrogens is 466 g/mol. The number of aryl methyl sites for hydroxylation is 2. The van der Waals surface area contributed by atoms with Gasteiger partial charge in [-0.2, -0.15) is 0 Å². The van der Waals surface area contributed by atoms with Crippen LogP contribution in [-0.2, 0) is 0 Å². The summed E-state index contributed by atoms with van der Waals surface area (Å²) in [6.45, 7) is 8.06. The van der Waals surface area contributed by atoms with Crippen molar-refractivity contribution in [3.63, 3.8) is 0 Å². The number of benzene rings is 1. The lowest BCUT2D eigenvalue weighted by atomic mass is 10.2. The van der Waals surface area contributed by atoms with Gasteiger partial charge in [0, 0.05) is 50.2 Å². The van der Waals surface area contributed by atoms with E-state index < -0.39 is 0 Å². The van der Waals surface area contributed by atoms with E-state index in [0.717, 1.165) is 37.6 Å². The molecule has 0 aliphatic carbocycles. The number of aliphatic hydroxyl groups excluding tert-OH is 1. The van der Waals surface area contributed by atoms with Crippen molar-refractivity contribution in [2.75, 3.05) is 67.6 Å². The molecule has 3 heterocycles. The van der Waals surface area contributed by atoms with Crippen LogP contribution >= 0.6 is 11.3 Å². The Hall–Kier alpha value is -3.32. The third-order valence-electron chi connectivity index (χ3n) is 5.41. The van der Waals surface area contributed by atoms with Crippen molar-refractivity contribution in [2.24, 2.45) is 5.73 Å². The van der Waals surface area contributed by atoms with Gasteiger partial charge in [-0.1, -0.05) is 17.4 Å². The summed E-state index contributed by atoms with van der Waals surface area (Å²) in [4.78, 5) is 31.0. The first kappa shape index (κ1) is 26.3. The largest absolute Gasteiger partial charge is 0.399 e. The van der Waals surface area contributed by atoms with Crippen LogP contribution in [0.25, 0.3) is 0 Å². The van der Waals surface area contributed by atoms with Gasteiger partial charge in [-0.05, 0) is 38.6 Å². The van der Waals surface area contributed by atoms with Crippen LogP contribution in [0.4, 0.5) is 28.1 Å². The van der Waals surface area contributed by atoms with Crippen LogP contribution in [-0.4, -0.2) is 77.2 Å². The Bertz CT molecular complexity index is 1130. The van der Waals surface area contributed by atoms with Gasteiger partial charge in [0.1, 0.15) is 22.3 Å². The van der Waals surface area contributed by atoms with E-state index in [-0.39, 0.29) is 12.5 Å². The fraction of sp³-hybridized carbons (Fsp3) is 0.391. The van der Waals surface area contributed by atoms with Gasteiger partial charge < -0.3 is 32.1 Å². The molecule has 3 aromatic rings. The smallest absolute Gasteiger partial charge is 0.267 e. The van der Waals surface area contributed by atoms with Crippen LogP contribution in [0.15, 0.2) is 30.5 Å². The summed E-state index contributed by atoms with van der Waals surface area (Å²) >= 11 is 1.25. The van der Waals surface area contributed by atoms with E-state index in [1.165, 1.54) is 18.4 Å². The average molecular weight is 500 g/mol. The van der Waals surface area contributed by atoms with Crippen LogP contribution in [0.2, 0.25) is 0 Å². The van der Waals surface area contributed by atoms with Gasteiger partial charge in [0.2, 0.25) is 0 Å². The van der Waals surface area contributed by atoms with E-state index in [0.29, 0.717) is 39.6 Å². The molecule has 1 aliphatic rings. The second-order valence-corrected chi connectivity index (χ2v) is 8.92. The summed E-state index contributed by atoms with van der Waals surface area (Å²) in [6, 6.07) is 7.30. The molecule has 7 N–H and O–H groups in total. The van der Waals surface area contributed by atoms with E-state index >= 15 is 0 Å². The number of nitrogens with two attached hydrogens (primary N) is 2. The Morgan fingerprint density at radius 1 is 1.14 bits per heavy atom. The summed E-state index contributed by atoms with van der Waals surface area (Å²) in [5.41, 5.74) is 12.5. The van der Waals surface area contributed by atoms with E-state index in [1.807, 2.05) is 26.0 Å². The van der Waals surface area contributed by atoms with Crippen molar-refractivity contribution >= 4 is 45.4 Å². The van der Waals surface area contributed by atoms with Crippen molar-refractivity contribution in [3.8, 4) is 0 Å². The van der Waals surface area contributed by atoms with Gasteiger partial charge in [-0.3, -0.25) is 9.69 Å². The van der Waals surface area contributed by atoms with Crippen LogP contribution in [0.3, 0.4) is 0 Å². The molecule has 1 fully saturated rings. The first-order valence-electron chi connectivity index (χ1n) is 11.3. The molecule has 188 valence electrons. The number of nitrogens with one attached hydrogen (secondary N) is 2. The molecule has 0 unspecified atom stereocenters. The van der Waals surface area contributed by atoms with Crippen LogP contribution in [0.1, 0.15) is 21.1 Å². The number of thiazole rings is 1. The molecule has 2 aromatic heterocycles. The van der Waals surface area contributed by atoms with Gasteiger partial charge in [0.15, 0.2) is 5.13 Å². The van der Waals surface area contributed by atoms with Gasteiger partial charge in [-0.15, -0.1) is 0 Å². The maximum absolute atomic E-state index is 12.7. The first-order valence-corrected chi connectivity index (χ1v) is 12.1. The van der Waals surface area contributed by atoms with Crippen molar-refractivity contribution in [1.29, 1.82) is 0 Å². The maximum atomic E-state index is 12.7. The molecule has 12 heteroatoms. The molecular formula is C23H33N9O2S. The number of carbonyl (C=O) groups excluding carboxylic acids is 1. The number of nitrogens with zero attached hydrogens (tertiary/aromatic N) is 5. The minimum atomic E-state index is -0.241. The molecule has 0 spiro atoms. The number of carbonyl (C=O) groups is 1. The topological polar surface area (TPSA) is 159 Å². The number of hydrogen-bond acceptors (Lipinski definition) is 11. The normalized spacial score (nSPS) is 13.7. The second-order valence-electron chi connectivity index (χ2n) is 7.89. The summed E-state index contributed by atoms with van der Waals surface area (Å²) < 4.78 is 0. The van der Waals surface area contributed by atoms with Crippen LogP contribution in [0, 0.1) is 13.8 Å². The first-order chi connectivity index (χ1) is 16.9. The Balaban J connectivity index is 0.00000167. The molecule has 1 saturated heterocycles. The quantitative estimate of drug-likeness (QED) is 0.304. The molecule has 1 aromatic carbocycles. The van der Waals surface area contributed by atoms with Crippen molar-refractivity contribution in [3.05, 3.63) is 46.7 Å². The van der Waals surface area contributed by atoms with Gasteiger partial charge in [-0.25, -0.2) is 15.0 Å². The number of amides is 1. The van der Waals surface area contributed by atoms with E-state index in [1.54, 1.807) is 18.3 Å². The summed E-state index contributed by atoms with van der Waals surface area (Å²) in [7, 11) is 1.50. The van der Waals surface area contributed by atoms with Crippen molar-refractivity contribution in [1.82, 2.24) is 19.9 Å². The molecule has 11 nitrogen and oxygen atoms in total. The van der Waals surface area contributed by atoms with Gasteiger partial charge >= 0.3 is 0 Å². The van der Waals surface area contributed by atoms with Crippen LogP contribution in [0.5, 0.6) is 0 Å². The highest BCUT2D eigenvalue weighted by Crippen LogP contribution is 2.26. The lowest BCUT2D eigenvalue weighted by molar-refractivity contribution is 0.103. The van der Waals surface area contributed by atoms with Gasteiger partial charge in [0.05, 0.1) is 12.8 Å². The van der Waals surface area contributed by atoms with E-state index in [2.05, 4.69) is 41.1 Å². The standard InChI is InChI=1S/C22H28N8O2S.CH5N/c1-14-3-4-16(23)11-17(14)27-21(32)18-13-24-22(33-18)28-19-12-20(26-15(2)25-19)30-7-5-29(6-8-30)9-10-31;1-2/h3-4,11-13,31H,5-10,23H2,1-2H3,(H,27,32)(H,24,25,26,28);2H2,1H3. The Morgan fingerprint density at radius 2 is 1.89 bits per heavy atom. The molecule has 1 amide bonds. The Kier molecular flexibility index (Phi) is 9.32. The zero-order chi connectivity index (χ0) is 25.4. The third-order valence-corrected chi connectivity index (χ3v) is 6.32. The molecule has 0 saturated carbocycles. The predicted octanol–water partition coefficient (Wildman–Crippen LogP) is 1.82. The average Bonchev–Trinajstić information content (AvgIpc) is 3.31. The molecule has 35 heavy (non-hydrogen) atoms. The molecule has 0 atom stereocenters. The van der Waals surface area contributed by atoms with E-state index in [4.69, 9.17) is 10.8 Å². The Labute approximate surface area is 209 Å². The predicted molar refractivity (Wildman–Crippen MR) is 142 cm³/mol. The lowest BCUT2D eigenvalue weighted by Gasteiger charge is -2.35. The Morgan fingerprint density at radius 3 is 2.60 bits per heavy atom. The van der Waals surface area contributed by atoms with Crippen molar-refractivity contribution in [2.45, 2.75) is 13.8 Å². The fourth-order valence-electron chi connectivity index (χ4n) is 3.62. The molecule has 1 aliphatic heterocycles. The van der Waals surface area contributed by atoms with Crippen LogP contribution < -0.4 is 27.0 Å². The van der Waals surface area contributed by atoms with Crippen molar-refractivity contribution < 1.29 is 9.90 Å². The monoisotopic (exact) mass is 499 g/mol. The molecule has 4 rings (SSSR count). The summed E-state index contributed by atoms with van der Waals surface area (Å²) in [5, 5.41) is 15.8. The zero-order valence-corrected chi connectivity index (χ0v) is 21.1. The number of aliphatic hydroxyl groups is 1. The number of hydrogen-bond donors (Lipinski definition) is 5. The minimum Gasteiger partial charge on any atom is -0.399 e. The number of anilines is 5. The number of nitrogen functional groups attached to an aromatic ring is 1. The minimum absolute atomic E-state index is 0.174. The lowest BCUT2D eigenvalue weighted by Crippen LogP contribution is -2.47. The number of piperazine rings is 1. The van der Waals surface area contributed by atoms with Gasteiger partial charge in [0.25, 0.3) is 5.91 Å². The highest BCUT2D eigenvalue weighted by atomic mass is 32.1. The zero-order valence-electron chi connectivity index (χ0n) is 20.3. The highest BCUT2D eigenvalue weighted by molar-refractivity contribution is 7.17.